The topological polar surface area (TPSA) is 26.0 Å². The van der Waals surface area contributed by atoms with Crippen LogP contribution in [0.3, 0.4) is 0 Å². The molecule has 1 aliphatic carbocycles. The maximum atomic E-state index is 5.93. The lowest BCUT2D eigenvalue weighted by atomic mass is 9.74. The summed E-state index contributed by atoms with van der Waals surface area (Å²) >= 11 is 0. The lowest BCUT2D eigenvalue weighted by Crippen LogP contribution is -2.37. The molecule has 0 aromatic heterocycles. The summed E-state index contributed by atoms with van der Waals surface area (Å²) in [7, 11) is 0. The van der Waals surface area contributed by atoms with Gasteiger partial charge in [0.05, 0.1) is 0 Å². The van der Waals surface area contributed by atoms with Crippen LogP contribution in [-0.2, 0) is 0 Å². The molecule has 0 radical (unpaired) electrons. The van der Waals surface area contributed by atoms with Gasteiger partial charge in [0, 0.05) is 6.04 Å². The zero-order valence-corrected chi connectivity index (χ0v) is 7.30. The standard InChI is InChI=1S/C9H19N/c1-6-4-8(3)9(10)5-7(6)2/h6-9H,4-5,10H2,1-3H3/t6-,7+,8+,9+/m0/s1. The van der Waals surface area contributed by atoms with Gasteiger partial charge in [0.1, 0.15) is 0 Å². The summed E-state index contributed by atoms with van der Waals surface area (Å²) in [5, 5.41) is 0. The van der Waals surface area contributed by atoms with Crippen LogP contribution in [0.2, 0.25) is 0 Å². The summed E-state index contributed by atoms with van der Waals surface area (Å²) in [5.74, 6) is 2.46. The third kappa shape index (κ3) is 1.51. The molecule has 1 saturated carbocycles. The van der Waals surface area contributed by atoms with Gasteiger partial charge in [0.15, 0.2) is 0 Å². The van der Waals surface area contributed by atoms with Crippen molar-refractivity contribution in [1.29, 1.82) is 0 Å². The van der Waals surface area contributed by atoms with Crippen molar-refractivity contribution in [2.75, 3.05) is 0 Å². The van der Waals surface area contributed by atoms with Gasteiger partial charge in [-0.3, -0.25) is 0 Å². The summed E-state index contributed by atoms with van der Waals surface area (Å²) in [4.78, 5) is 0. The fraction of sp³-hybridized carbons (Fsp3) is 1.00. The van der Waals surface area contributed by atoms with E-state index in [1.165, 1.54) is 12.8 Å². The molecule has 0 aromatic carbocycles. The Hall–Kier alpha value is -0.0400. The van der Waals surface area contributed by atoms with Crippen molar-refractivity contribution in [2.45, 2.75) is 39.7 Å². The first-order valence-corrected chi connectivity index (χ1v) is 4.37. The minimum atomic E-state index is 0.464. The monoisotopic (exact) mass is 141 g/mol. The molecule has 2 N–H and O–H groups in total. The average molecular weight is 141 g/mol. The highest BCUT2D eigenvalue weighted by molar-refractivity contribution is 4.81. The second-order valence-electron chi connectivity index (χ2n) is 4.07. The molecule has 0 heterocycles. The van der Waals surface area contributed by atoms with Crippen LogP contribution in [0.15, 0.2) is 0 Å². The van der Waals surface area contributed by atoms with Gasteiger partial charge < -0.3 is 5.73 Å². The van der Waals surface area contributed by atoms with E-state index in [1.54, 1.807) is 0 Å². The molecule has 1 nitrogen and oxygen atoms in total. The molecule has 0 spiro atoms. The van der Waals surface area contributed by atoms with E-state index in [1.807, 2.05) is 0 Å². The highest BCUT2D eigenvalue weighted by Gasteiger charge is 2.27. The van der Waals surface area contributed by atoms with E-state index in [0.29, 0.717) is 6.04 Å². The van der Waals surface area contributed by atoms with Crippen molar-refractivity contribution < 1.29 is 0 Å². The van der Waals surface area contributed by atoms with Crippen LogP contribution in [0.4, 0.5) is 0 Å². The van der Waals surface area contributed by atoms with Crippen molar-refractivity contribution in [3.05, 3.63) is 0 Å². The Morgan fingerprint density at radius 3 is 1.90 bits per heavy atom. The Bertz CT molecular complexity index is 85.3. The van der Waals surface area contributed by atoms with E-state index in [4.69, 9.17) is 5.73 Å². The summed E-state index contributed by atoms with van der Waals surface area (Å²) < 4.78 is 0. The Morgan fingerprint density at radius 2 is 1.40 bits per heavy atom. The van der Waals surface area contributed by atoms with Gasteiger partial charge in [-0.2, -0.15) is 0 Å². The van der Waals surface area contributed by atoms with E-state index >= 15 is 0 Å². The molecule has 0 saturated heterocycles. The molecule has 1 aliphatic rings. The Balaban J connectivity index is 2.46. The lowest BCUT2D eigenvalue weighted by molar-refractivity contribution is 0.192. The Labute approximate surface area is 64.0 Å². The van der Waals surface area contributed by atoms with E-state index in [-0.39, 0.29) is 0 Å². The van der Waals surface area contributed by atoms with Crippen LogP contribution in [0.1, 0.15) is 33.6 Å². The van der Waals surface area contributed by atoms with E-state index in [9.17, 15) is 0 Å². The first kappa shape index (κ1) is 8.06. The van der Waals surface area contributed by atoms with Crippen LogP contribution in [0.5, 0.6) is 0 Å². The largest absolute Gasteiger partial charge is 0.327 e. The van der Waals surface area contributed by atoms with Crippen molar-refractivity contribution in [1.82, 2.24) is 0 Å². The van der Waals surface area contributed by atoms with Gasteiger partial charge in [0.2, 0.25) is 0 Å². The molecule has 60 valence electrons. The zero-order valence-electron chi connectivity index (χ0n) is 7.30. The minimum absolute atomic E-state index is 0.464. The average Bonchev–Trinajstić information content (AvgIpc) is 1.84. The third-order valence-corrected chi connectivity index (χ3v) is 3.09. The lowest BCUT2D eigenvalue weighted by Gasteiger charge is -2.34. The number of rotatable bonds is 0. The molecule has 0 bridgehead atoms. The summed E-state index contributed by atoms with van der Waals surface area (Å²) in [6, 6.07) is 0.464. The van der Waals surface area contributed by atoms with Crippen LogP contribution < -0.4 is 5.73 Å². The smallest absolute Gasteiger partial charge is 0.00672 e. The van der Waals surface area contributed by atoms with E-state index in [0.717, 1.165) is 17.8 Å². The molecular weight excluding hydrogens is 122 g/mol. The predicted molar refractivity (Wildman–Crippen MR) is 44.7 cm³/mol. The second kappa shape index (κ2) is 2.91. The van der Waals surface area contributed by atoms with Gasteiger partial charge in [-0.1, -0.05) is 20.8 Å². The van der Waals surface area contributed by atoms with Crippen LogP contribution in [0.25, 0.3) is 0 Å². The third-order valence-electron chi connectivity index (χ3n) is 3.09. The fourth-order valence-corrected chi connectivity index (χ4v) is 1.89. The summed E-state index contributed by atoms with van der Waals surface area (Å²) in [5.41, 5.74) is 5.93. The maximum absolute atomic E-state index is 5.93. The molecule has 0 unspecified atom stereocenters. The number of hydrogen-bond donors (Lipinski definition) is 1. The van der Waals surface area contributed by atoms with Crippen LogP contribution in [0, 0.1) is 17.8 Å². The molecule has 0 amide bonds. The normalized spacial score (nSPS) is 49.2. The van der Waals surface area contributed by atoms with Gasteiger partial charge in [0.25, 0.3) is 0 Å². The van der Waals surface area contributed by atoms with Crippen molar-refractivity contribution >= 4 is 0 Å². The quantitative estimate of drug-likeness (QED) is 0.548. The Morgan fingerprint density at radius 1 is 0.900 bits per heavy atom. The molecule has 0 aromatic rings. The molecule has 1 heteroatoms. The Kier molecular flexibility index (Phi) is 2.35. The molecule has 1 rings (SSSR count). The fourth-order valence-electron chi connectivity index (χ4n) is 1.89. The van der Waals surface area contributed by atoms with Gasteiger partial charge in [-0.05, 0) is 30.6 Å². The van der Waals surface area contributed by atoms with Gasteiger partial charge >= 0.3 is 0 Å². The van der Waals surface area contributed by atoms with E-state index < -0.39 is 0 Å². The molecule has 4 atom stereocenters. The highest BCUT2D eigenvalue weighted by Crippen LogP contribution is 2.31. The molecule has 1 fully saturated rings. The molecular formula is C9H19N. The summed E-state index contributed by atoms with van der Waals surface area (Å²) in [6.45, 7) is 6.93. The zero-order chi connectivity index (χ0) is 7.72. The highest BCUT2D eigenvalue weighted by atomic mass is 14.7. The van der Waals surface area contributed by atoms with Crippen molar-refractivity contribution in [3.63, 3.8) is 0 Å². The van der Waals surface area contributed by atoms with Crippen LogP contribution >= 0.6 is 0 Å². The maximum Gasteiger partial charge on any atom is 0.00672 e. The first-order valence-electron chi connectivity index (χ1n) is 4.37. The first-order chi connectivity index (χ1) is 4.61. The number of nitrogens with two attached hydrogens (primary N) is 1. The minimum Gasteiger partial charge on any atom is -0.327 e. The van der Waals surface area contributed by atoms with Crippen molar-refractivity contribution in [3.8, 4) is 0 Å². The number of hydrogen-bond acceptors (Lipinski definition) is 1. The van der Waals surface area contributed by atoms with Crippen LogP contribution in [-0.4, -0.2) is 6.04 Å². The SMILES string of the molecule is C[C@@H]1C[C@H](C)[C@H](C)C[C@H]1N. The van der Waals surface area contributed by atoms with E-state index in [2.05, 4.69) is 20.8 Å². The second-order valence-corrected chi connectivity index (χ2v) is 4.07. The molecule has 10 heavy (non-hydrogen) atoms. The van der Waals surface area contributed by atoms with Gasteiger partial charge in [-0.25, -0.2) is 0 Å². The summed E-state index contributed by atoms with van der Waals surface area (Å²) in [6.07, 6.45) is 2.55. The van der Waals surface area contributed by atoms with Crippen molar-refractivity contribution in [2.24, 2.45) is 23.5 Å². The van der Waals surface area contributed by atoms with Gasteiger partial charge in [-0.15, -0.1) is 0 Å². The molecule has 0 aliphatic heterocycles. The predicted octanol–water partition coefficient (Wildman–Crippen LogP) is 2.02.